The molecule has 2 N–H and O–H groups in total. The van der Waals surface area contributed by atoms with Crippen molar-refractivity contribution in [2.75, 3.05) is 47.4 Å². The molecule has 3 aliphatic rings. The van der Waals surface area contributed by atoms with E-state index in [1.807, 2.05) is 24.1 Å². The Balaban J connectivity index is 0.000000655. The molecule has 0 unspecified atom stereocenters. The Bertz CT molecular complexity index is 786. The van der Waals surface area contributed by atoms with Gasteiger partial charge in [-0.05, 0) is 82.8 Å². The average molecular weight is 496 g/mol. The molecule has 198 valence electrons. The summed E-state index contributed by atoms with van der Waals surface area (Å²) in [4.78, 5) is 36.5. The first kappa shape index (κ1) is 28.8. The summed E-state index contributed by atoms with van der Waals surface area (Å²) in [7, 11) is 6.07. The number of furan rings is 1. The maximum Gasteiger partial charge on any atom is 0.290 e. The first-order valence-corrected chi connectivity index (χ1v) is 12.2. The van der Waals surface area contributed by atoms with Crippen LogP contribution < -0.4 is 0 Å². The van der Waals surface area contributed by atoms with Gasteiger partial charge in [0.1, 0.15) is 5.76 Å². The Morgan fingerprint density at radius 1 is 1.11 bits per heavy atom. The molecule has 10 nitrogen and oxygen atoms in total. The Kier molecular flexibility index (Phi) is 11.7. The number of carbonyl (C=O) groups excluding carboxylic acids is 1. The van der Waals surface area contributed by atoms with Crippen LogP contribution in [0.25, 0.3) is 0 Å². The second-order valence-electron chi connectivity index (χ2n) is 9.94. The SMILES string of the molecule is CO[C@@H]1C[C@H]2CN(C(=O)c3ccc(CN4CCC(C)CC4)o3)C[C@H]2C[C@H]1N(C)C.O=CO.O=CO. The van der Waals surface area contributed by atoms with Crippen molar-refractivity contribution in [2.24, 2.45) is 17.8 Å². The molecule has 1 aromatic heterocycles. The first-order valence-electron chi connectivity index (χ1n) is 12.2. The minimum Gasteiger partial charge on any atom is -0.483 e. The maximum atomic E-state index is 13.1. The van der Waals surface area contributed by atoms with Gasteiger partial charge >= 0.3 is 0 Å². The zero-order valence-electron chi connectivity index (χ0n) is 21.3. The van der Waals surface area contributed by atoms with Gasteiger partial charge in [-0.15, -0.1) is 0 Å². The highest BCUT2D eigenvalue weighted by Gasteiger charge is 2.44. The molecule has 0 bridgehead atoms. The van der Waals surface area contributed by atoms with Crippen LogP contribution in [0.15, 0.2) is 16.5 Å². The fourth-order valence-electron chi connectivity index (χ4n) is 5.53. The smallest absolute Gasteiger partial charge is 0.290 e. The van der Waals surface area contributed by atoms with Crippen molar-refractivity contribution in [3.63, 3.8) is 0 Å². The van der Waals surface area contributed by atoms with Gasteiger partial charge in [0, 0.05) is 26.2 Å². The van der Waals surface area contributed by atoms with Crippen LogP contribution in [0, 0.1) is 17.8 Å². The minimum absolute atomic E-state index is 0.0493. The molecule has 2 aliphatic heterocycles. The lowest BCUT2D eigenvalue weighted by Crippen LogP contribution is -2.47. The van der Waals surface area contributed by atoms with Crippen molar-refractivity contribution in [3.8, 4) is 0 Å². The third kappa shape index (κ3) is 8.05. The Morgan fingerprint density at radius 2 is 1.69 bits per heavy atom. The standard InChI is InChI=1S/C23H37N3O3.2CH2O2/c1-16-7-9-25(10-8-16)15-19-5-6-21(29-19)23(27)26-13-17-11-20(24(2)3)22(28-4)12-18(17)14-26;2*2-1-3/h5-6,16-18,20,22H,7-15H2,1-4H3;2*1H,(H,2,3)/t17-,18+,20-,22-;;/m1../s1. The molecule has 3 heterocycles. The Labute approximate surface area is 207 Å². The molecule has 1 aliphatic carbocycles. The highest BCUT2D eigenvalue weighted by atomic mass is 16.5. The number of rotatable bonds is 5. The number of hydrogen-bond donors (Lipinski definition) is 2. The fourth-order valence-corrected chi connectivity index (χ4v) is 5.53. The third-order valence-electron chi connectivity index (χ3n) is 7.47. The lowest BCUT2D eigenvalue weighted by atomic mass is 9.77. The monoisotopic (exact) mass is 495 g/mol. The van der Waals surface area contributed by atoms with Gasteiger partial charge in [0.05, 0.1) is 12.6 Å². The van der Waals surface area contributed by atoms with Gasteiger partial charge in [0.15, 0.2) is 5.76 Å². The zero-order valence-corrected chi connectivity index (χ0v) is 21.3. The summed E-state index contributed by atoms with van der Waals surface area (Å²) in [5, 5.41) is 13.8. The van der Waals surface area contributed by atoms with Gasteiger partial charge in [-0.25, -0.2) is 0 Å². The van der Waals surface area contributed by atoms with E-state index in [-0.39, 0.29) is 25.0 Å². The fraction of sp³-hybridized carbons (Fsp3) is 0.720. The molecule has 35 heavy (non-hydrogen) atoms. The molecule has 1 aromatic rings. The van der Waals surface area contributed by atoms with Crippen molar-refractivity contribution < 1.29 is 33.8 Å². The van der Waals surface area contributed by atoms with Crippen LogP contribution >= 0.6 is 0 Å². The Hall–Kier alpha value is -2.43. The molecule has 1 amide bonds. The van der Waals surface area contributed by atoms with E-state index < -0.39 is 0 Å². The molecular formula is C25H41N3O7. The third-order valence-corrected chi connectivity index (χ3v) is 7.47. The van der Waals surface area contributed by atoms with Crippen LogP contribution in [0.3, 0.4) is 0 Å². The second-order valence-corrected chi connectivity index (χ2v) is 9.94. The summed E-state index contributed by atoms with van der Waals surface area (Å²) in [6.07, 6.45) is 4.88. The molecule has 4 rings (SSSR count). The van der Waals surface area contributed by atoms with Gasteiger partial charge in [0.25, 0.3) is 18.9 Å². The molecule has 2 saturated heterocycles. The van der Waals surface area contributed by atoms with Crippen molar-refractivity contribution in [1.82, 2.24) is 14.7 Å². The van der Waals surface area contributed by atoms with Crippen LogP contribution in [-0.4, -0.2) is 103 Å². The summed E-state index contributed by atoms with van der Waals surface area (Å²) in [6, 6.07) is 4.28. The van der Waals surface area contributed by atoms with Crippen LogP contribution in [0.5, 0.6) is 0 Å². The van der Waals surface area contributed by atoms with Crippen LogP contribution in [0.2, 0.25) is 0 Å². The molecule has 3 fully saturated rings. The molecular weight excluding hydrogens is 454 g/mol. The summed E-state index contributed by atoms with van der Waals surface area (Å²) in [5.74, 6) is 3.37. The topological polar surface area (TPSA) is 124 Å². The summed E-state index contributed by atoms with van der Waals surface area (Å²) < 4.78 is 11.7. The molecule has 1 saturated carbocycles. The molecule has 0 radical (unpaired) electrons. The van der Waals surface area contributed by atoms with Crippen LogP contribution in [0.1, 0.15) is 48.9 Å². The van der Waals surface area contributed by atoms with Crippen LogP contribution in [-0.2, 0) is 20.9 Å². The minimum atomic E-state index is -0.250. The summed E-state index contributed by atoms with van der Waals surface area (Å²) in [5.41, 5.74) is 0. The van der Waals surface area contributed by atoms with E-state index >= 15 is 0 Å². The molecule has 10 heteroatoms. The predicted octanol–water partition coefficient (Wildman–Crippen LogP) is 2.34. The largest absolute Gasteiger partial charge is 0.483 e. The Morgan fingerprint density at radius 3 is 2.23 bits per heavy atom. The van der Waals surface area contributed by atoms with Gasteiger partial charge in [-0.3, -0.25) is 19.3 Å². The number of amides is 1. The number of nitrogens with zero attached hydrogens (tertiary/aromatic N) is 3. The van der Waals surface area contributed by atoms with Crippen LogP contribution in [0.4, 0.5) is 0 Å². The average Bonchev–Trinajstić information content (AvgIpc) is 3.47. The van der Waals surface area contributed by atoms with E-state index in [2.05, 4.69) is 30.8 Å². The van der Waals surface area contributed by atoms with Gasteiger partial charge < -0.3 is 29.2 Å². The number of fused-ring (bicyclic) bond motifs is 1. The van der Waals surface area contributed by atoms with Crippen molar-refractivity contribution in [3.05, 3.63) is 23.7 Å². The highest BCUT2D eigenvalue weighted by molar-refractivity contribution is 5.91. The van der Waals surface area contributed by atoms with E-state index in [0.29, 0.717) is 23.6 Å². The number of carbonyl (C=O) groups is 3. The second kappa shape index (κ2) is 14.2. The van der Waals surface area contributed by atoms with Gasteiger partial charge in [0.2, 0.25) is 0 Å². The van der Waals surface area contributed by atoms with Gasteiger partial charge in [-0.2, -0.15) is 0 Å². The van der Waals surface area contributed by atoms with E-state index in [1.165, 1.54) is 12.8 Å². The molecule has 0 aromatic carbocycles. The number of ether oxygens (including phenoxy) is 1. The maximum absolute atomic E-state index is 13.1. The lowest BCUT2D eigenvalue weighted by molar-refractivity contribution is -0.123. The normalized spacial score (nSPS) is 26.7. The van der Waals surface area contributed by atoms with E-state index in [0.717, 1.165) is 57.2 Å². The number of likely N-dealkylation sites (tertiary alicyclic amines) is 2. The number of likely N-dealkylation sites (N-methyl/N-ethyl adjacent to an activating group) is 1. The van der Waals surface area contributed by atoms with Crippen molar-refractivity contribution in [2.45, 2.75) is 51.3 Å². The summed E-state index contributed by atoms with van der Waals surface area (Å²) >= 11 is 0. The number of hydrogen-bond acceptors (Lipinski definition) is 7. The number of methoxy groups -OCH3 is 1. The van der Waals surface area contributed by atoms with E-state index in [4.69, 9.17) is 29.0 Å². The van der Waals surface area contributed by atoms with Crippen molar-refractivity contribution in [1.29, 1.82) is 0 Å². The quantitative estimate of drug-likeness (QED) is 0.592. The van der Waals surface area contributed by atoms with Crippen molar-refractivity contribution >= 4 is 18.9 Å². The number of piperidine rings is 1. The zero-order chi connectivity index (χ0) is 26.0. The van der Waals surface area contributed by atoms with E-state index in [1.54, 1.807) is 0 Å². The number of carboxylic acid groups (broad SMARTS) is 2. The lowest BCUT2D eigenvalue weighted by Gasteiger charge is -2.40. The summed E-state index contributed by atoms with van der Waals surface area (Å²) in [6.45, 7) is 6.53. The van der Waals surface area contributed by atoms with Gasteiger partial charge in [-0.1, -0.05) is 6.92 Å². The van der Waals surface area contributed by atoms with E-state index in [9.17, 15) is 4.79 Å². The molecule has 0 spiro atoms. The highest BCUT2D eigenvalue weighted by Crippen LogP contribution is 2.39. The predicted molar refractivity (Wildman–Crippen MR) is 130 cm³/mol. The first-order chi connectivity index (χ1) is 16.8. The molecule has 4 atom stereocenters.